The number of nitrogens with two attached hydrogens (primary N) is 1. The van der Waals surface area contributed by atoms with Gasteiger partial charge in [-0.15, -0.1) is 0 Å². The molecule has 56 valence electrons. The van der Waals surface area contributed by atoms with Crippen LogP contribution in [0, 0.1) is 0 Å². The van der Waals surface area contributed by atoms with E-state index in [1.54, 1.807) is 0 Å². The van der Waals surface area contributed by atoms with Crippen molar-refractivity contribution in [2.45, 2.75) is 12.1 Å². The van der Waals surface area contributed by atoms with Crippen LogP contribution in [0.15, 0.2) is 5.16 Å². The van der Waals surface area contributed by atoms with Crippen LogP contribution in [0.2, 0.25) is 0 Å². The molecule has 1 aromatic rings. The first-order valence-electron chi connectivity index (χ1n) is 2.71. The van der Waals surface area contributed by atoms with Crippen LogP contribution in [0.1, 0.15) is 6.92 Å². The van der Waals surface area contributed by atoms with E-state index in [4.69, 9.17) is 5.73 Å². The van der Waals surface area contributed by atoms with Crippen LogP contribution in [0.4, 0.5) is 5.13 Å². The van der Waals surface area contributed by atoms with Gasteiger partial charge in [0.05, 0.1) is 10.8 Å². The van der Waals surface area contributed by atoms with E-state index < -0.39 is 10.8 Å². The van der Waals surface area contributed by atoms with Crippen LogP contribution in [0.3, 0.4) is 0 Å². The number of nitrogens with zero attached hydrogens (tertiary/aromatic N) is 2. The van der Waals surface area contributed by atoms with Gasteiger partial charge in [0.15, 0.2) is 0 Å². The summed E-state index contributed by atoms with van der Waals surface area (Å²) in [7, 11) is -1.06. The van der Waals surface area contributed by atoms with Gasteiger partial charge in [0.2, 0.25) is 10.3 Å². The second-order valence-electron chi connectivity index (χ2n) is 1.55. The van der Waals surface area contributed by atoms with E-state index in [1.807, 2.05) is 6.92 Å². The summed E-state index contributed by atoms with van der Waals surface area (Å²) in [6.45, 7) is 1.81. The molecule has 1 aromatic heterocycles. The molecule has 0 saturated carbocycles. The highest BCUT2D eigenvalue weighted by atomic mass is 32.2. The predicted octanol–water partition coefficient (Wildman–Crippen LogP) is 0.248. The van der Waals surface area contributed by atoms with Crippen molar-refractivity contribution in [3.8, 4) is 0 Å². The summed E-state index contributed by atoms with van der Waals surface area (Å²) < 4.78 is 14.8. The lowest BCUT2D eigenvalue weighted by atomic mass is 11.0. The molecule has 1 atom stereocenters. The molecule has 6 heteroatoms. The average Bonchev–Trinajstić information content (AvgIpc) is 2.34. The Morgan fingerprint density at radius 3 is 2.90 bits per heavy atom. The third-order valence-electron chi connectivity index (χ3n) is 0.889. The molecular weight excluding hydrogens is 170 g/mol. The molecule has 0 aliphatic heterocycles. The van der Waals surface area contributed by atoms with Crippen molar-refractivity contribution in [2.75, 3.05) is 11.5 Å². The number of nitrogen functional groups attached to an aromatic ring is 1. The number of hydrogen-bond acceptors (Lipinski definition) is 5. The number of anilines is 1. The minimum absolute atomic E-state index is 0.352. The molecular formula is C4H7N3OS2. The molecule has 2 N–H and O–H groups in total. The minimum atomic E-state index is -1.06. The maximum atomic E-state index is 11.0. The Hall–Kier alpha value is -0.490. The van der Waals surface area contributed by atoms with Gasteiger partial charge in [-0.2, -0.15) is 9.36 Å². The second-order valence-corrected chi connectivity index (χ2v) is 3.97. The molecule has 0 aliphatic rings. The molecule has 0 fully saturated rings. The number of aromatic nitrogens is 2. The van der Waals surface area contributed by atoms with Crippen molar-refractivity contribution < 1.29 is 4.21 Å². The van der Waals surface area contributed by atoms with Crippen molar-refractivity contribution in [1.82, 2.24) is 9.36 Å². The van der Waals surface area contributed by atoms with E-state index in [2.05, 4.69) is 9.36 Å². The van der Waals surface area contributed by atoms with Crippen LogP contribution < -0.4 is 5.73 Å². The van der Waals surface area contributed by atoms with Gasteiger partial charge in [0, 0.05) is 17.3 Å². The summed E-state index contributed by atoms with van der Waals surface area (Å²) >= 11 is 1.07. The Morgan fingerprint density at radius 1 is 1.80 bits per heavy atom. The van der Waals surface area contributed by atoms with Crippen LogP contribution in [-0.4, -0.2) is 19.3 Å². The van der Waals surface area contributed by atoms with Gasteiger partial charge < -0.3 is 5.73 Å². The molecule has 0 spiro atoms. The summed E-state index contributed by atoms with van der Waals surface area (Å²) in [5.74, 6) is 0.538. The molecule has 4 nitrogen and oxygen atoms in total. The highest BCUT2D eigenvalue weighted by molar-refractivity contribution is 7.84. The Bertz CT molecular complexity index is 246. The lowest BCUT2D eigenvalue weighted by Gasteiger charge is -1.86. The standard InChI is InChI=1S/C4H7N3OS2/c1-2-10(8)4-6-3(5)9-7-4/h2H2,1H3,(H2,5,6,7). The van der Waals surface area contributed by atoms with E-state index in [-0.39, 0.29) is 0 Å². The topological polar surface area (TPSA) is 68.9 Å². The lowest BCUT2D eigenvalue weighted by molar-refractivity contribution is 0.679. The molecule has 0 aliphatic carbocycles. The molecule has 0 radical (unpaired) electrons. The normalized spacial score (nSPS) is 13.3. The van der Waals surface area contributed by atoms with Gasteiger partial charge in [-0.25, -0.2) is 0 Å². The van der Waals surface area contributed by atoms with Crippen LogP contribution in [-0.2, 0) is 10.8 Å². The Kier molecular flexibility index (Phi) is 2.34. The predicted molar refractivity (Wildman–Crippen MR) is 41.3 cm³/mol. The highest BCUT2D eigenvalue weighted by Gasteiger charge is 2.06. The summed E-state index contributed by atoms with van der Waals surface area (Å²) in [5, 5.41) is 0.724. The fraction of sp³-hybridized carbons (Fsp3) is 0.500. The zero-order chi connectivity index (χ0) is 7.56. The maximum absolute atomic E-state index is 11.0. The zero-order valence-electron chi connectivity index (χ0n) is 5.40. The third kappa shape index (κ3) is 1.51. The molecule has 0 bridgehead atoms. The number of rotatable bonds is 2. The van der Waals surface area contributed by atoms with Gasteiger partial charge >= 0.3 is 0 Å². The van der Waals surface area contributed by atoms with Gasteiger partial charge in [0.1, 0.15) is 0 Å². The molecule has 1 heterocycles. The molecule has 10 heavy (non-hydrogen) atoms. The largest absolute Gasteiger partial charge is 0.374 e. The van der Waals surface area contributed by atoms with E-state index in [0.717, 1.165) is 11.5 Å². The fourth-order valence-corrected chi connectivity index (χ4v) is 1.74. The monoisotopic (exact) mass is 177 g/mol. The Morgan fingerprint density at radius 2 is 2.50 bits per heavy atom. The summed E-state index contributed by atoms with van der Waals surface area (Å²) in [6, 6.07) is 0. The fourth-order valence-electron chi connectivity index (χ4n) is 0.442. The first kappa shape index (κ1) is 7.62. The van der Waals surface area contributed by atoms with Crippen molar-refractivity contribution >= 4 is 27.5 Å². The van der Waals surface area contributed by atoms with Crippen molar-refractivity contribution in [3.63, 3.8) is 0 Å². The minimum Gasteiger partial charge on any atom is -0.374 e. The van der Waals surface area contributed by atoms with Gasteiger partial charge in [-0.3, -0.25) is 4.21 Å². The summed E-state index contributed by atoms with van der Waals surface area (Å²) in [4.78, 5) is 3.77. The zero-order valence-corrected chi connectivity index (χ0v) is 7.04. The van der Waals surface area contributed by atoms with Crippen molar-refractivity contribution in [3.05, 3.63) is 0 Å². The smallest absolute Gasteiger partial charge is 0.232 e. The van der Waals surface area contributed by atoms with E-state index in [1.165, 1.54) is 0 Å². The van der Waals surface area contributed by atoms with Gasteiger partial charge in [-0.1, -0.05) is 6.92 Å². The molecule has 1 unspecified atom stereocenters. The van der Waals surface area contributed by atoms with Gasteiger partial charge in [-0.05, 0) is 0 Å². The van der Waals surface area contributed by atoms with Crippen LogP contribution in [0.5, 0.6) is 0 Å². The Balaban J connectivity index is 2.85. The van der Waals surface area contributed by atoms with Crippen molar-refractivity contribution in [2.24, 2.45) is 0 Å². The van der Waals surface area contributed by atoms with Crippen LogP contribution >= 0.6 is 11.5 Å². The highest BCUT2D eigenvalue weighted by Crippen LogP contribution is 2.08. The van der Waals surface area contributed by atoms with Crippen molar-refractivity contribution in [1.29, 1.82) is 0 Å². The molecule has 0 saturated heterocycles. The van der Waals surface area contributed by atoms with E-state index in [9.17, 15) is 4.21 Å². The average molecular weight is 177 g/mol. The van der Waals surface area contributed by atoms with E-state index >= 15 is 0 Å². The Labute approximate surface area is 65.1 Å². The third-order valence-corrected chi connectivity index (χ3v) is 2.66. The van der Waals surface area contributed by atoms with E-state index in [0.29, 0.717) is 16.0 Å². The lowest BCUT2D eigenvalue weighted by Crippen LogP contribution is -1.96. The summed E-state index contributed by atoms with van der Waals surface area (Å²) in [5.41, 5.74) is 5.28. The maximum Gasteiger partial charge on any atom is 0.232 e. The molecule has 0 aromatic carbocycles. The van der Waals surface area contributed by atoms with Gasteiger partial charge in [0.25, 0.3) is 0 Å². The molecule has 1 rings (SSSR count). The summed E-state index contributed by atoms with van der Waals surface area (Å²) in [6.07, 6.45) is 0. The molecule has 0 amide bonds. The first-order chi connectivity index (χ1) is 4.74. The number of hydrogen-bond donors (Lipinski definition) is 1. The van der Waals surface area contributed by atoms with Crippen LogP contribution in [0.25, 0.3) is 0 Å². The first-order valence-corrected chi connectivity index (χ1v) is 4.81. The SMILES string of the molecule is CCS(=O)c1nsc(N)n1. The second kappa shape index (κ2) is 3.07. The quantitative estimate of drug-likeness (QED) is 0.703.